The number of aryl methyl sites for hydroxylation is 1. The summed E-state index contributed by atoms with van der Waals surface area (Å²) in [5.41, 5.74) is 5.62. The number of rotatable bonds is 3. The average Bonchev–Trinajstić information content (AvgIpc) is 2.48. The first-order chi connectivity index (χ1) is 10.6. The van der Waals surface area contributed by atoms with E-state index in [4.69, 9.17) is 0 Å². The number of hydrogen-bond donors (Lipinski definition) is 1. The maximum atomic E-state index is 13.4. The fourth-order valence-corrected chi connectivity index (χ4v) is 2.19. The quantitative estimate of drug-likeness (QED) is 0.579. The minimum atomic E-state index is -0.338. The van der Waals surface area contributed by atoms with E-state index >= 15 is 0 Å². The van der Waals surface area contributed by atoms with Gasteiger partial charge in [0.1, 0.15) is 11.6 Å². The summed E-state index contributed by atoms with van der Waals surface area (Å²) in [5, 5.41) is 4.72. The van der Waals surface area contributed by atoms with Crippen LogP contribution in [0.15, 0.2) is 53.6 Å². The van der Waals surface area contributed by atoms with E-state index in [1.54, 1.807) is 24.3 Å². The second-order valence-electron chi connectivity index (χ2n) is 4.90. The molecule has 3 nitrogen and oxygen atoms in total. The molecule has 0 radical (unpaired) electrons. The van der Waals surface area contributed by atoms with E-state index in [1.165, 1.54) is 30.5 Å². The molecule has 3 aromatic rings. The number of fused-ring (bicyclic) bond motifs is 1. The molecule has 2 aromatic carbocycles. The largest absolute Gasteiger partial charge is 0.278 e. The van der Waals surface area contributed by atoms with E-state index in [-0.39, 0.29) is 11.6 Å². The molecule has 0 saturated carbocycles. The van der Waals surface area contributed by atoms with E-state index in [2.05, 4.69) is 15.5 Å². The molecule has 0 atom stereocenters. The lowest BCUT2D eigenvalue weighted by Gasteiger charge is -2.07. The van der Waals surface area contributed by atoms with E-state index in [1.807, 2.05) is 6.92 Å². The third kappa shape index (κ3) is 3.09. The molecule has 0 unspecified atom stereocenters. The van der Waals surface area contributed by atoms with Crippen molar-refractivity contribution in [3.8, 4) is 0 Å². The number of pyridine rings is 1. The van der Waals surface area contributed by atoms with Crippen LogP contribution in [0.4, 0.5) is 14.5 Å². The predicted molar refractivity (Wildman–Crippen MR) is 84.1 cm³/mol. The number of halogens is 2. The van der Waals surface area contributed by atoms with Crippen molar-refractivity contribution in [3.05, 3.63) is 71.4 Å². The average molecular weight is 297 g/mol. The van der Waals surface area contributed by atoms with Crippen molar-refractivity contribution in [1.82, 2.24) is 4.98 Å². The maximum Gasteiger partial charge on any atom is 0.124 e. The molecule has 3 rings (SSSR count). The molecule has 110 valence electrons. The normalized spacial score (nSPS) is 11.2. The standard InChI is InChI=1S/C17H13F2N3/c1-11-7-17(15-9-14(19)5-6-16(15)21-11)22-20-10-12-3-2-4-13(18)8-12/h2-10H,1H3,(H,21,22)/b20-10+. The summed E-state index contributed by atoms with van der Waals surface area (Å²) in [6.45, 7) is 1.85. The Balaban J connectivity index is 1.91. The van der Waals surface area contributed by atoms with Crippen LogP contribution in [-0.2, 0) is 0 Å². The Bertz CT molecular complexity index is 860. The topological polar surface area (TPSA) is 37.3 Å². The smallest absolute Gasteiger partial charge is 0.124 e. The lowest BCUT2D eigenvalue weighted by Crippen LogP contribution is -1.95. The van der Waals surface area contributed by atoms with E-state index in [0.717, 1.165) is 5.69 Å². The summed E-state index contributed by atoms with van der Waals surface area (Å²) in [6, 6.07) is 12.3. The van der Waals surface area contributed by atoms with Crippen LogP contribution in [0.2, 0.25) is 0 Å². The van der Waals surface area contributed by atoms with Gasteiger partial charge >= 0.3 is 0 Å². The first kappa shape index (κ1) is 14.1. The van der Waals surface area contributed by atoms with Crippen molar-refractivity contribution in [1.29, 1.82) is 0 Å². The van der Waals surface area contributed by atoms with Gasteiger partial charge < -0.3 is 0 Å². The molecule has 0 bridgehead atoms. The highest BCUT2D eigenvalue weighted by Crippen LogP contribution is 2.24. The van der Waals surface area contributed by atoms with Gasteiger partial charge in [-0.15, -0.1) is 0 Å². The zero-order valence-corrected chi connectivity index (χ0v) is 11.8. The Morgan fingerprint density at radius 2 is 1.86 bits per heavy atom. The first-order valence-corrected chi connectivity index (χ1v) is 6.73. The van der Waals surface area contributed by atoms with Gasteiger partial charge in [0.05, 0.1) is 17.4 Å². The van der Waals surface area contributed by atoms with E-state index < -0.39 is 0 Å². The number of hydrogen-bond acceptors (Lipinski definition) is 3. The van der Waals surface area contributed by atoms with Gasteiger partial charge in [-0.3, -0.25) is 10.4 Å². The highest BCUT2D eigenvalue weighted by atomic mass is 19.1. The lowest BCUT2D eigenvalue weighted by atomic mass is 10.1. The molecular weight excluding hydrogens is 284 g/mol. The summed E-state index contributed by atoms with van der Waals surface area (Å²) in [5.74, 6) is -0.661. The molecule has 1 aromatic heterocycles. The van der Waals surface area contributed by atoms with Gasteiger partial charge in [0.15, 0.2) is 0 Å². The predicted octanol–water partition coefficient (Wildman–Crippen LogP) is 4.27. The fourth-order valence-electron chi connectivity index (χ4n) is 2.19. The van der Waals surface area contributed by atoms with Crippen molar-refractivity contribution in [2.75, 3.05) is 5.43 Å². The molecule has 22 heavy (non-hydrogen) atoms. The summed E-state index contributed by atoms with van der Waals surface area (Å²) in [6.07, 6.45) is 1.50. The van der Waals surface area contributed by atoms with Crippen LogP contribution in [0, 0.1) is 18.6 Å². The van der Waals surface area contributed by atoms with Crippen LogP contribution in [0.5, 0.6) is 0 Å². The highest BCUT2D eigenvalue weighted by molar-refractivity contribution is 5.92. The third-order valence-electron chi connectivity index (χ3n) is 3.15. The Morgan fingerprint density at radius 1 is 1.05 bits per heavy atom. The van der Waals surface area contributed by atoms with Crippen LogP contribution in [0.25, 0.3) is 10.9 Å². The van der Waals surface area contributed by atoms with Crippen LogP contribution in [0.1, 0.15) is 11.3 Å². The second-order valence-corrected chi connectivity index (χ2v) is 4.90. The van der Waals surface area contributed by atoms with Crippen LogP contribution >= 0.6 is 0 Å². The Hall–Kier alpha value is -2.82. The molecule has 1 heterocycles. The van der Waals surface area contributed by atoms with Gasteiger partial charge in [-0.1, -0.05) is 12.1 Å². The monoisotopic (exact) mass is 297 g/mol. The van der Waals surface area contributed by atoms with Crippen LogP contribution < -0.4 is 5.43 Å². The van der Waals surface area contributed by atoms with Gasteiger partial charge in [-0.05, 0) is 48.9 Å². The van der Waals surface area contributed by atoms with E-state index in [9.17, 15) is 8.78 Å². The van der Waals surface area contributed by atoms with E-state index in [0.29, 0.717) is 22.2 Å². The summed E-state index contributed by atoms with van der Waals surface area (Å²) < 4.78 is 26.5. The Labute approximate surface area is 126 Å². The van der Waals surface area contributed by atoms with Crippen molar-refractivity contribution in [2.45, 2.75) is 6.92 Å². The molecule has 5 heteroatoms. The summed E-state index contributed by atoms with van der Waals surface area (Å²) in [4.78, 5) is 4.35. The van der Waals surface area contributed by atoms with Crippen molar-refractivity contribution in [2.24, 2.45) is 5.10 Å². The van der Waals surface area contributed by atoms with Gasteiger partial charge in [0.25, 0.3) is 0 Å². The minimum Gasteiger partial charge on any atom is -0.278 e. The lowest BCUT2D eigenvalue weighted by molar-refractivity contribution is 0.627. The highest BCUT2D eigenvalue weighted by Gasteiger charge is 2.04. The number of nitrogens with zero attached hydrogens (tertiary/aromatic N) is 2. The van der Waals surface area contributed by atoms with Crippen LogP contribution in [-0.4, -0.2) is 11.2 Å². The van der Waals surface area contributed by atoms with Crippen molar-refractivity contribution in [3.63, 3.8) is 0 Å². The summed E-state index contributed by atoms with van der Waals surface area (Å²) in [7, 11) is 0. The number of benzene rings is 2. The first-order valence-electron chi connectivity index (χ1n) is 6.73. The molecule has 1 N–H and O–H groups in total. The maximum absolute atomic E-state index is 13.4. The van der Waals surface area contributed by atoms with Crippen LogP contribution in [0.3, 0.4) is 0 Å². The molecule has 0 amide bonds. The van der Waals surface area contributed by atoms with Gasteiger partial charge in [0.2, 0.25) is 0 Å². The minimum absolute atomic E-state index is 0.323. The van der Waals surface area contributed by atoms with Gasteiger partial charge in [0, 0.05) is 11.1 Å². The fraction of sp³-hybridized carbons (Fsp3) is 0.0588. The zero-order valence-electron chi connectivity index (χ0n) is 11.8. The molecule has 0 spiro atoms. The Kier molecular flexibility index (Phi) is 3.78. The Morgan fingerprint density at radius 3 is 2.68 bits per heavy atom. The molecular formula is C17H13F2N3. The summed E-state index contributed by atoms with van der Waals surface area (Å²) >= 11 is 0. The second kappa shape index (κ2) is 5.89. The number of hydrazone groups is 1. The van der Waals surface area contributed by atoms with Gasteiger partial charge in [-0.2, -0.15) is 5.10 Å². The molecule has 0 fully saturated rings. The molecule has 0 aliphatic rings. The van der Waals surface area contributed by atoms with Crippen molar-refractivity contribution >= 4 is 22.8 Å². The molecule has 0 aliphatic carbocycles. The zero-order chi connectivity index (χ0) is 15.5. The third-order valence-corrected chi connectivity index (χ3v) is 3.15. The SMILES string of the molecule is Cc1cc(N/N=C/c2cccc(F)c2)c2cc(F)ccc2n1. The number of anilines is 1. The number of aromatic nitrogens is 1. The molecule has 0 saturated heterocycles. The molecule has 0 aliphatic heterocycles. The number of nitrogens with one attached hydrogen (secondary N) is 1. The van der Waals surface area contributed by atoms with Gasteiger partial charge in [-0.25, -0.2) is 8.78 Å². The van der Waals surface area contributed by atoms with Crippen molar-refractivity contribution < 1.29 is 8.78 Å².